The van der Waals surface area contributed by atoms with E-state index in [2.05, 4.69) is 10.3 Å². The Morgan fingerprint density at radius 2 is 2.29 bits per heavy atom. The van der Waals surface area contributed by atoms with Crippen LogP contribution < -0.4 is 10.1 Å². The summed E-state index contributed by atoms with van der Waals surface area (Å²) in [4.78, 5) is 4.25. The SMILES string of the molecule is Cc1cc(Cl)cc(Cl)c1OC(c1ncco1)[C@H]1CCNC1. The molecular formula is C15H16Cl2N2O2. The molecule has 0 saturated carbocycles. The molecule has 0 aliphatic carbocycles. The van der Waals surface area contributed by atoms with Gasteiger partial charge in [-0.25, -0.2) is 4.98 Å². The molecule has 1 saturated heterocycles. The van der Waals surface area contributed by atoms with Gasteiger partial charge in [0, 0.05) is 17.5 Å². The monoisotopic (exact) mass is 326 g/mol. The van der Waals surface area contributed by atoms with E-state index in [1.165, 1.54) is 0 Å². The van der Waals surface area contributed by atoms with Crippen LogP contribution in [0.4, 0.5) is 0 Å². The van der Waals surface area contributed by atoms with Gasteiger partial charge in [-0.3, -0.25) is 0 Å². The Morgan fingerprint density at radius 1 is 1.43 bits per heavy atom. The molecule has 1 aromatic carbocycles. The molecule has 3 rings (SSSR count). The molecule has 2 atom stereocenters. The highest BCUT2D eigenvalue weighted by Crippen LogP contribution is 2.38. The molecule has 1 aromatic heterocycles. The molecule has 6 heteroatoms. The number of oxazole rings is 1. The lowest BCUT2D eigenvalue weighted by molar-refractivity contribution is 0.113. The maximum atomic E-state index is 6.27. The van der Waals surface area contributed by atoms with Gasteiger partial charge < -0.3 is 14.5 Å². The van der Waals surface area contributed by atoms with Crippen molar-refractivity contribution in [3.05, 3.63) is 46.1 Å². The van der Waals surface area contributed by atoms with Crippen LogP contribution in [0, 0.1) is 12.8 Å². The molecule has 1 aliphatic rings. The van der Waals surface area contributed by atoms with Crippen molar-refractivity contribution < 1.29 is 9.15 Å². The van der Waals surface area contributed by atoms with Gasteiger partial charge in [-0.1, -0.05) is 23.2 Å². The third kappa shape index (κ3) is 3.18. The van der Waals surface area contributed by atoms with Crippen molar-refractivity contribution in [1.82, 2.24) is 10.3 Å². The maximum absolute atomic E-state index is 6.27. The predicted octanol–water partition coefficient (Wildman–Crippen LogP) is 4.02. The van der Waals surface area contributed by atoms with Gasteiger partial charge in [0.05, 0.1) is 11.2 Å². The van der Waals surface area contributed by atoms with Crippen molar-refractivity contribution in [3.8, 4) is 5.75 Å². The standard InChI is InChI=1S/C15H16Cl2N2O2/c1-9-6-11(16)7-12(17)13(9)21-14(10-2-3-18-8-10)15-19-4-5-20-15/h4-7,10,14,18H,2-3,8H2,1H3/t10-,14?/m0/s1. The predicted molar refractivity (Wildman–Crippen MR) is 82.0 cm³/mol. The number of halogens is 2. The van der Waals surface area contributed by atoms with E-state index in [0.29, 0.717) is 27.6 Å². The van der Waals surface area contributed by atoms with Crippen LogP contribution in [-0.2, 0) is 0 Å². The van der Waals surface area contributed by atoms with Gasteiger partial charge in [0.1, 0.15) is 12.0 Å². The van der Waals surface area contributed by atoms with Crippen molar-refractivity contribution in [2.75, 3.05) is 13.1 Å². The Bertz CT molecular complexity index is 587. The summed E-state index contributed by atoms with van der Waals surface area (Å²) in [7, 11) is 0. The normalized spacial score (nSPS) is 19.7. The van der Waals surface area contributed by atoms with Gasteiger partial charge in [0.2, 0.25) is 5.89 Å². The number of rotatable bonds is 4. The molecule has 2 aromatic rings. The summed E-state index contributed by atoms with van der Waals surface area (Å²) in [5, 5.41) is 4.43. The molecule has 112 valence electrons. The van der Waals surface area contributed by atoms with Crippen LogP contribution in [0.2, 0.25) is 10.0 Å². The Balaban J connectivity index is 1.91. The number of nitrogens with one attached hydrogen (secondary N) is 1. The molecule has 1 fully saturated rings. The molecule has 21 heavy (non-hydrogen) atoms. The number of benzene rings is 1. The molecule has 0 bridgehead atoms. The van der Waals surface area contributed by atoms with Gasteiger partial charge in [-0.2, -0.15) is 0 Å². The maximum Gasteiger partial charge on any atom is 0.235 e. The second-order valence-electron chi connectivity index (χ2n) is 5.20. The lowest BCUT2D eigenvalue weighted by Gasteiger charge is -2.23. The zero-order valence-corrected chi connectivity index (χ0v) is 13.1. The smallest absolute Gasteiger partial charge is 0.235 e. The summed E-state index contributed by atoms with van der Waals surface area (Å²) in [6.45, 7) is 3.77. The number of hydrogen-bond acceptors (Lipinski definition) is 4. The first-order valence-corrected chi connectivity index (χ1v) is 7.63. The number of nitrogens with zero attached hydrogens (tertiary/aromatic N) is 1. The summed E-state index contributed by atoms with van der Waals surface area (Å²) >= 11 is 12.3. The van der Waals surface area contributed by atoms with Crippen molar-refractivity contribution in [2.45, 2.75) is 19.4 Å². The molecule has 1 aliphatic heterocycles. The summed E-state index contributed by atoms with van der Waals surface area (Å²) in [6.07, 6.45) is 3.94. The van der Waals surface area contributed by atoms with Crippen LogP contribution in [0.25, 0.3) is 0 Å². The van der Waals surface area contributed by atoms with Crippen molar-refractivity contribution in [3.63, 3.8) is 0 Å². The van der Waals surface area contributed by atoms with Crippen LogP contribution in [0.1, 0.15) is 24.0 Å². The van der Waals surface area contributed by atoms with Gasteiger partial charge in [-0.15, -0.1) is 0 Å². The molecule has 2 heterocycles. The zero-order valence-electron chi connectivity index (χ0n) is 11.6. The Kier molecular flexibility index (Phi) is 4.38. The number of aryl methyl sites for hydroxylation is 1. The topological polar surface area (TPSA) is 47.3 Å². The van der Waals surface area contributed by atoms with E-state index in [0.717, 1.165) is 25.1 Å². The largest absolute Gasteiger partial charge is 0.479 e. The highest BCUT2D eigenvalue weighted by atomic mass is 35.5. The van der Waals surface area contributed by atoms with Gasteiger partial charge in [0.15, 0.2) is 6.10 Å². The fourth-order valence-electron chi connectivity index (χ4n) is 2.62. The third-order valence-corrected chi connectivity index (χ3v) is 4.16. The Hall–Kier alpha value is -1.23. The van der Waals surface area contributed by atoms with Gasteiger partial charge in [-0.05, 0) is 37.6 Å². The van der Waals surface area contributed by atoms with E-state index in [1.54, 1.807) is 18.5 Å². The zero-order chi connectivity index (χ0) is 14.8. The van der Waals surface area contributed by atoms with Crippen LogP contribution in [-0.4, -0.2) is 18.1 Å². The first-order chi connectivity index (χ1) is 10.1. The third-order valence-electron chi connectivity index (χ3n) is 3.66. The quantitative estimate of drug-likeness (QED) is 0.921. The number of ether oxygens (including phenoxy) is 1. The highest BCUT2D eigenvalue weighted by Gasteiger charge is 2.32. The van der Waals surface area contributed by atoms with E-state index in [-0.39, 0.29) is 6.10 Å². The fraction of sp³-hybridized carbons (Fsp3) is 0.400. The minimum absolute atomic E-state index is 0.257. The van der Waals surface area contributed by atoms with Crippen LogP contribution >= 0.6 is 23.2 Å². The van der Waals surface area contributed by atoms with E-state index in [1.807, 2.05) is 13.0 Å². The molecule has 1 N–H and O–H groups in total. The van der Waals surface area contributed by atoms with E-state index < -0.39 is 0 Å². The van der Waals surface area contributed by atoms with Crippen molar-refractivity contribution in [1.29, 1.82) is 0 Å². The van der Waals surface area contributed by atoms with Gasteiger partial charge >= 0.3 is 0 Å². The minimum atomic E-state index is -0.257. The van der Waals surface area contributed by atoms with E-state index in [4.69, 9.17) is 32.4 Å². The summed E-state index contributed by atoms with van der Waals surface area (Å²) < 4.78 is 11.6. The first kappa shape index (κ1) is 14.7. The van der Waals surface area contributed by atoms with Crippen LogP contribution in [0.3, 0.4) is 0 Å². The average Bonchev–Trinajstić information content (AvgIpc) is 3.11. The first-order valence-electron chi connectivity index (χ1n) is 6.87. The highest BCUT2D eigenvalue weighted by molar-refractivity contribution is 6.35. The van der Waals surface area contributed by atoms with Crippen LogP contribution in [0.5, 0.6) is 5.75 Å². The Morgan fingerprint density at radius 3 is 2.90 bits per heavy atom. The van der Waals surface area contributed by atoms with Crippen LogP contribution in [0.15, 0.2) is 29.0 Å². The lowest BCUT2D eigenvalue weighted by atomic mass is 10.0. The molecular weight excluding hydrogens is 311 g/mol. The fourth-order valence-corrected chi connectivity index (χ4v) is 3.26. The van der Waals surface area contributed by atoms with E-state index in [9.17, 15) is 0 Å². The second-order valence-corrected chi connectivity index (χ2v) is 6.04. The van der Waals surface area contributed by atoms with Crippen molar-refractivity contribution in [2.24, 2.45) is 5.92 Å². The summed E-state index contributed by atoms with van der Waals surface area (Å²) in [5.74, 6) is 1.51. The Labute approximate surface area is 133 Å². The van der Waals surface area contributed by atoms with Crippen molar-refractivity contribution >= 4 is 23.2 Å². The molecule has 0 amide bonds. The summed E-state index contributed by atoms with van der Waals surface area (Å²) in [6, 6.07) is 3.52. The van der Waals surface area contributed by atoms with Gasteiger partial charge in [0.25, 0.3) is 0 Å². The lowest BCUT2D eigenvalue weighted by Crippen LogP contribution is -2.22. The summed E-state index contributed by atoms with van der Waals surface area (Å²) in [5.41, 5.74) is 0.898. The molecule has 4 nitrogen and oxygen atoms in total. The second kappa shape index (κ2) is 6.26. The minimum Gasteiger partial charge on any atom is -0.479 e. The van der Waals surface area contributed by atoms with E-state index >= 15 is 0 Å². The number of hydrogen-bond donors (Lipinski definition) is 1. The molecule has 0 spiro atoms. The number of aromatic nitrogens is 1. The average molecular weight is 327 g/mol. The molecule has 0 radical (unpaired) electrons. The molecule has 1 unspecified atom stereocenters.